The van der Waals surface area contributed by atoms with E-state index < -0.39 is 0 Å². The molecule has 2 fully saturated rings. The molecule has 0 atom stereocenters. The molecule has 19 heavy (non-hydrogen) atoms. The number of rotatable bonds is 6. The molecule has 0 amide bonds. The van der Waals surface area contributed by atoms with E-state index in [0.717, 1.165) is 30.3 Å². The Labute approximate surface area is 119 Å². The third-order valence-electron chi connectivity index (χ3n) is 5.63. The van der Waals surface area contributed by atoms with E-state index in [1.165, 1.54) is 64.2 Å². The highest BCUT2D eigenvalue weighted by molar-refractivity contribution is 4.82. The highest BCUT2D eigenvalue weighted by atomic mass is 16.5. The van der Waals surface area contributed by atoms with Gasteiger partial charge in [0, 0.05) is 13.7 Å². The maximum Gasteiger partial charge on any atom is 0.0490 e. The highest BCUT2D eigenvalue weighted by Gasteiger charge is 2.30. The molecule has 2 aliphatic carbocycles. The van der Waals surface area contributed by atoms with Crippen molar-refractivity contribution in [3.63, 3.8) is 0 Å². The number of allylic oxidation sites excluding steroid dienone is 1. The van der Waals surface area contributed by atoms with Gasteiger partial charge in [-0.25, -0.2) is 0 Å². The van der Waals surface area contributed by atoms with Crippen LogP contribution in [0.15, 0.2) is 12.7 Å². The van der Waals surface area contributed by atoms with Gasteiger partial charge in [0.15, 0.2) is 0 Å². The van der Waals surface area contributed by atoms with E-state index in [2.05, 4.69) is 12.7 Å². The summed E-state index contributed by atoms with van der Waals surface area (Å²) in [7, 11) is 1.84. The van der Waals surface area contributed by atoms with Crippen molar-refractivity contribution in [2.75, 3.05) is 13.7 Å². The van der Waals surface area contributed by atoms with Gasteiger partial charge in [0.2, 0.25) is 0 Å². The lowest BCUT2D eigenvalue weighted by atomic mass is 9.69. The predicted octanol–water partition coefficient (Wildman–Crippen LogP) is 5.21. The summed E-state index contributed by atoms with van der Waals surface area (Å²) in [6.07, 6.45) is 16.4. The summed E-state index contributed by atoms with van der Waals surface area (Å²) < 4.78 is 5.31. The predicted molar refractivity (Wildman–Crippen MR) is 82.2 cm³/mol. The van der Waals surface area contributed by atoms with E-state index in [9.17, 15) is 0 Å². The molecule has 110 valence electrons. The maximum absolute atomic E-state index is 5.31. The van der Waals surface area contributed by atoms with Gasteiger partial charge in [0.05, 0.1) is 0 Å². The van der Waals surface area contributed by atoms with Crippen LogP contribution >= 0.6 is 0 Å². The van der Waals surface area contributed by atoms with Crippen molar-refractivity contribution < 1.29 is 4.74 Å². The van der Waals surface area contributed by atoms with Crippen molar-refractivity contribution in [3.8, 4) is 0 Å². The Balaban J connectivity index is 1.66. The van der Waals surface area contributed by atoms with Crippen LogP contribution < -0.4 is 0 Å². The topological polar surface area (TPSA) is 9.23 Å². The zero-order valence-corrected chi connectivity index (χ0v) is 12.8. The second-order valence-electron chi connectivity index (χ2n) is 6.88. The van der Waals surface area contributed by atoms with E-state index >= 15 is 0 Å². The molecule has 2 aliphatic rings. The second-order valence-corrected chi connectivity index (χ2v) is 6.88. The summed E-state index contributed by atoms with van der Waals surface area (Å²) >= 11 is 0. The fourth-order valence-corrected chi connectivity index (χ4v) is 4.36. The summed E-state index contributed by atoms with van der Waals surface area (Å²) in [4.78, 5) is 0. The van der Waals surface area contributed by atoms with Gasteiger partial charge in [-0.3, -0.25) is 0 Å². The van der Waals surface area contributed by atoms with Crippen molar-refractivity contribution in [2.24, 2.45) is 23.7 Å². The Morgan fingerprint density at radius 3 is 1.89 bits per heavy atom. The SMILES string of the molecule is C=CCC[C@H]1CC[C@H]([C@H]2CC[C@H](COC)CC2)CC1. The van der Waals surface area contributed by atoms with Gasteiger partial charge in [-0.2, -0.15) is 0 Å². The largest absolute Gasteiger partial charge is 0.384 e. The van der Waals surface area contributed by atoms with E-state index in [4.69, 9.17) is 4.74 Å². The molecule has 0 spiro atoms. The first-order valence-electron chi connectivity index (χ1n) is 8.43. The lowest BCUT2D eigenvalue weighted by Crippen LogP contribution is -2.27. The summed E-state index contributed by atoms with van der Waals surface area (Å²) in [5.41, 5.74) is 0. The lowest BCUT2D eigenvalue weighted by Gasteiger charge is -2.37. The van der Waals surface area contributed by atoms with Gasteiger partial charge >= 0.3 is 0 Å². The van der Waals surface area contributed by atoms with E-state index in [1.807, 2.05) is 7.11 Å². The monoisotopic (exact) mass is 264 g/mol. The molecule has 2 saturated carbocycles. The smallest absolute Gasteiger partial charge is 0.0490 e. The van der Waals surface area contributed by atoms with Gasteiger partial charge < -0.3 is 4.74 Å². The Morgan fingerprint density at radius 2 is 1.42 bits per heavy atom. The molecular formula is C18H32O. The van der Waals surface area contributed by atoms with Crippen LogP contribution in [0.1, 0.15) is 64.2 Å². The molecule has 0 unspecified atom stereocenters. The Kier molecular flexibility index (Phi) is 6.43. The standard InChI is InChI=1S/C18H32O/c1-3-4-5-15-6-10-17(11-7-15)18-12-8-16(9-13-18)14-19-2/h3,15-18H,1,4-14H2,2H3/t15-,16-,17-,18-. The zero-order chi connectivity index (χ0) is 13.5. The van der Waals surface area contributed by atoms with Crippen LogP contribution in [0.3, 0.4) is 0 Å². The molecule has 0 aromatic rings. The van der Waals surface area contributed by atoms with E-state index in [-0.39, 0.29) is 0 Å². The molecular weight excluding hydrogens is 232 g/mol. The number of ether oxygens (including phenoxy) is 1. The van der Waals surface area contributed by atoms with Crippen LogP contribution in [0.4, 0.5) is 0 Å². The van der Waals surface area contributed by atoms with Crippen LogP contribution in [0.5, 0.6) is 0 Å². The second kappa shape index (κ2) is 8.09. The first-order chi connectivity index (χ1) is 9.33. The zero-order valence-electron chi connectivity index (χ0n) is 12.8. The van der Waals surface area contributed by atoms with Gasteiger partial charge in [-0.05, 0) is 75.0 Å². The summed E-state index contributed by atoms with van der Waals surface area (Å²) in [5.74, 6) is 3.93. The average Bonchev–Trinajstić information content (AvgIpc) is 2.47. The van der Waals surface area contributed by atoms with Gasteiger partial charge in [0.25, 0.3) is 0 Å². The molecule has 0 aromatic carbocycles. The Morgan fingerprint density at radius 1 is 0.895 bits per heavy atom. The van der Waals surface area contributed by atoms with Crippen molar-refractivity contribution in [3.05, 3.63) is 12.7 Å². The third kappa shape index (κ3) is 4.63. The molecule has 0 heterocycles. The van der Waals surface area contributed by atoms with Crippen molar-refractivity contribution in [2.45, 2.75) is 64.2 Å². The lowest BCUT2D eigenvalue weighted by molar-refractivity contribution is 0.0928. The first-order valence-corrected chi connectivity index (χ1v) is 8.43. The molecule has 0 radical (unpaired) electrons. The van der Waals surface area contributed by atoms with Crippen LogP contribution in [0.2, 0.25) is 0 Å². The van der Waals surface area contributed by atoms with Gasteiger partial charge in [0.1, 0.15) is 0 Å². The minimum absolute atomic E-state index is 0.852. The number of methoxy groups -OCH3 is 1. The Hall–Kier alpha value is -0.300. The maximum atomic E-state index is 5.31. The van der Waals surface area contributed by atoms with Gasteiger partial charge in [-0.15, -0.1) is 6.58 Å². The quantitative estimate of drug-likeness (QED) is 0.598. The van der Waals surface area contributed by atoms with Crippen LogP contribution in [0.25, 0.3) is 0 Å². The fourth-order valence-electron chi connectivity index (χ4n) is 4.36. The summed E-state index contributed by atoms with van der Waals surface area (Å²) in [5, 5.41) is 0. The summed E-state index contributed by atoms with van der Waals surface area (Å²) in [6.45, 7) is 4.83. The minimum Gasteiger partial charge on any atom is -0.384 e. The van der Waals surface area contributed by atoms with E-state index in [0.29, 0.717) is 0 Å². The van der Waals surface area contributed by atoms with Crippen molar-refractivity contribution in [1.29, 1.82) is 0 Å². The molecule has 0 aromatic heterocycles. The molecule has 2 rings (SSSR count). The highest BCUT2D eigenvalue weighted by Crippen LogP contribution is 2.42. The molecule has 0 N–H and O–H groups in total. The molecule has 0 aliphatic heterocycles. The normalized spacial score (nSPS) is 36.1. The fraction of sp³-hybridized carbons (Fsp3) is 0.889. The Bertz CT molecular complexity index is 244. The van der Waals surface area contributed by atoms with E-state index in [1.54, 1.807) is 0 Å². The molecule has 0 saturated heterocycles. The van der Waals surface area contributed by atoms with Crippen LogP contribution in [-0.4, -0.2) is 13.7 Å². The molecule has 0 bridgehead atoms. The number of hydrogen-bond acceptors (Lipinski definition) is 1. The average molecular weight is 264 g/mol. The number of hydrogen-bond donors (Lipinski definition) is 0. The minimum atomic E-state index is 0.852. The molecule has 1 nitrogen and oxygen atoms in total. The van der Waals surface area contributed by atoms with Crippen molar-refractivity contribution >= 4 is 0 Å². The molecule has 1 heteroatoms. The van der Waals surface area contributed by atoms with Gasteiger partial charge in [-0.1, -0.05) is 18.9 Å². The van der Waals surface area contributed by atoms with Crippen LogP contribution in [-0.2, 0) is 4.74 Å². The summed E-state index contributed by atoms with van der Waals surface area (Å²) in [6, 6.07) is 0. The van der Waals surface area contributed by atoms with Crippen LogP contribution in [0, 0.1) is 23.7 Å². The van der Waals surface area contributed by atoms with Crippen molar-refractivity contribution in [1.82, 2.24) is 0 Å². The third-order valence-corrected chi connectivity index (χ3v) is 5.63. The first kappa shape index (κ1) is 15.1.